The number of benzene rings is 2. The van der Waals surface area contributed by atoms with Crippen molar-refractivity contribution in [2.45, 2.75) is 57.1 Å². The highest BCUT2D eigenvalue weighted by Gasteiger charge is 2.43. The quantitative estimate of drug-likeness (QED) is 0.510. The molecule has 2 aliphatic rings. The van der Waals surface area contributed by atoms with E-state index in [4.69, 9.17) is 9.73 Å². The number of carbonyl (C=O) groups is 1. The molecule has 1 saturated carbocycles. The van der Waals surface area contributed by atoms with Crippen LogP contribution in [0.3, 0.4) is 0 Å². The molecule has 1 amide bonds. The lowest BCUT2D eigenvalue weighted by molar-refractivity contribution is 0.0396. The number of nitrogens with zero attached hydrogens (tertiary/aromatic N) is 2. The molecule has 4 rings (SSSR count). The zero-order chi connectivity index (χ0) is 23.3. The first kappa shape index (κ1) is 23.1. The second kappa shape index (κ2) is 10.3. The summed E-state index contributed by atoms with van der Waals surface area (Å²) in [5.74, 6) is 1.85. The van der Waals surface area contributed by atoms with Gasteiger partial charge in [-0.1, -0.05) is 30.3 Å². The van der Waals surface area contributed by atoms with Crippen molar-refractivity contribution in [3.63, 3.8) is 0 Å². The Bertz CT molecular complexity index is 995. The lowest BCUT2D eigenvalue weighted by Gasteiger charge is -2.40. The van der Waals surface area contributed by atoms with E-state index in [9.17, 15) is 4.79 Å². The number of fused-ring (bicyclic) bond motifs is 1. The maximum absolute atomic E-state index is 12.3. The average Bonchev–Trinajstić information content (AvgIpc) is 3.26. The zero-order valence-corrected chi connectivity index (χ0v) is 20.1. The third-order valence-corrected chi connectivity index (χ3v) is 6.62. The minimum Gasteiger partial charge on any atom is -0.487 e. The van der Waals surface area contributed by atoms with E-state index >= 15 is 0 Å². The summed E-state index contributed by atoms with van der Waals surface area (Å²) in [7, 11) is 3.55. The van der Waals surface area contributed by atoms with Gasteiger partial charge in [0.05, 0.1) is 6.04 Å². The molecule has 176 valence electrons. The van der Waals surface area contributed by atoms with Crippen molar-refractivity contribution in [1.82, 2.24) is 15.5 Å². The van der Waals surface area contributed by atoms with Gasteiger partial charge in [0, 0.05) is 44.7 Å². The zero-order valence-electron chi connectivity index (χ0n) is 20.1. The van der Waals surface area contributed by atoms with Crippen molar-refractivity contribution in [2.75, 3.05) is 27.2 Å². The number of amides is 1. The van der Waals surface area contributed by atoms with Gasteiger partial charge in [-0.05, 0) is 62.8 Å². The molecule has 1 atom stereocenters. The maximum Gasteiger partial charge on any atom is 0.253 e. The van der Waals surface area contributed by atoms with Gasteiger partial charge in [0.25, 0.3) is 5.91 Å². The van der Waals surface area contributed by atoms with Crippen molar-refractivity contribution >= 4 is 11.9 Å². The minimum absolute atomic E-state index is 0.0226. The van der Waals surface area contributed by atoms with Gasteiger partial charge in [0.2, 0.25) is 0 Å². The van der Waals surface area contributed by atoms with Crippen LogP contribution >= 0.6 is 0 Å². The lowest BCUT2D eigenvalue weighted by atomic mass is 9.86. The molecule has 0 radical (unpaired) electrons. The Hall–Kier alpha value is -3.02. The normalized spacial score (nSPS) is 19.0. The summed E-state index contributed by atoms with van der Waals surface area (Å²) in [6.45, 7) is 3.53. The van der Waals surface area contributed by atoms with Crippen LogP contribution in [0.25, 0.3) is 0 Å². The van der Waals surface area contributed by atoms with E-state index in [0.29, 0.717) is 12.1 Å². The van der Waals surface area contributed by atoms with E-state index in [1.54, 1.807) is 19.0 Å². The second-order valence-corrected chi connectivity index (χ2v) is 9.34. The Labute approximate surface area is 197 Å². The van der Waals surface area contributed by atoms with Crippen molar-refractivity contribution < 1.29 is 9.53 Å². The fourth-order valence-corrected chi connectivity index (χ4v) is 4.97. The Morgan fingerprint density at radius 3 is 2.70 bits per heavy atom. The number of hydrogen-bond donors (Lipinski definition) is 2. The number of aliphatic imine (C=N–C) groups is 1. The summed E-state index contributed by atoms with van der Waals surface area (Å²) >= 11 is 0. The van der Waals surface area contributed by atoms with E-state index in [1.807, 2.05) is 18.2 Å². The summed E-state index contributed by atoms with van der Waals surface area (Å²) in [5.41, 5.74) is 2.98. The van der Waals surface area contributed by atoms with Crippen LogP contribution in [0.15, 0.2) is 53.5 Å². The Morgan fingerprint density at radius 1 is 1.15 bits per heavy atom. The van der Waals surface area contributed by atoms with Crippen LogP contribution in [0.1, 0.15) is 66.6 Å². The van der Waals surface area contributed by atoms with Crippen LogP contribution in [0.2, 0.25) is 0 Å². The van der Waals surface area contributed by atoms with Crippen LogP contribution in [-0.2, 0) is 6.42 Å². The fraction of sp³-hybridized carbons (Fsp3) is 0.481. The van der Waals surface area contributed by atoms with Gasteiger partial charge in [0.1, 0.15) is 11.4 Å². The predicted molar refractivity (Wildman–Crippen MR) is 133 cm³/mol. The van der Waals surface area contributed by atoms with Crippen LogP contribution in [0.4, 0.5) is 0 Å². The Balaban J connectivity index is 1.46. The van der Waals surface area contributed by atoms with Gasteiger partial charge in [0.15, 0.2) is 5.96 Å². The largest absolute Gasteiger partial charge is 0.487 e. The first-order valence-corrected chi connectivity index (χ1v) is 12.1. The van der Waals surface area contributed by atoms with E-state index < -0.39 is 0 Å². The van der Waals surface area contributed by atoms with E-state index in [-0.39, 0.29) is 17.6 Å². The molecule has 1 heterocycles. The topological polar surface area (TPSA) is 66.0 Å². The monoisotopic (exact) mass is 448 g/mol. The molecule has 6 heteroatoms. The number of guanidine groups is 1. The molecule has 0 saturated heterocycles. The molecular weight excluding hydrogens is 412 g/mol. The third-order valence-electron chi connectivity index (χ3n) is 6.62. The fourth-order valence-electron chi connectivity index (χ4n) is 4.97. The summed E-state index contributed by atoms with van der Waals surface area (Å²) in [4.78, 5) is 18.7. The Kier molecular flexibility index (Phi) is 7.21. The highest BCUT2D eigenvalue weighted by atomic mass is 16.5. The van der Waals surface area contributed by atoms with Gasteiger partial charge in [-0.2, -0.15) is 0 Å². The molecule has 1 aliphatic carbocycles. The molecule has 2 aromatic carbocycles. The molecule has 2 aromatic rings. The molecule has 1 aliphatic heterocycles. The maximum atomic E-state index is 12.3. The molecule has 0 aromatic heterocycles. The second-order valence-electron chi connectivity index (χ2n) is 9.34. The molecule has 1 spiro atoms. The molecule has 0 bridgehead atoms. The van der Waals surface area contributed by atoms with Gasteiger partial charge < -0.3 is 20.3 Å². The van der Waals surface area contributed by atoms with E-state index in [1.165, 1.54) is 18.4 Å². The van der Waals surface area contributed by atoms with E-state index in [0.717, 1.165) is 49.5 Å². The number of hydrogen-bond acceptors (Lipinski definition) is 3. The van der Waals surface area contributed by atoms with E-state index in [2.05, 4.69) is 47.9 Å². The van der Waals surface area contributed by atoms with Gasteiger partial charge in [-0.25, -0.2) is 0 Å². The number of para-hydroxylation sites is 1. The average molecular weight is 449 g/mol. The lowest BCUT2D eigenvalue weighted by Crippen LogP contribution is -2.46. The molecule has 1 unspecified atom stereocenters. The van der Waals surface area contributed by atoms with Crippen LogP contribution in [0.5, 0.6) is 5.75 Å². The first-order chi connectivity index (χ1) is 16.0. The third kappa shape index (κ3) is 5.49. The molecule has 6 nitrogen and oxygen atoms in total. The van der Waals surface area contributed by atoms with Crippen molar-refractivity contribution in [3.05, 3.63) is 65.2 Å². The number of ether oxygens (including phenoxy) is 1. The summed E-state index contributed by atoms with van der Waals surface area (Å²) in [6, 6.07) is 16.4. The smallest absolute Gasteiger partial charge is 0.253 e. The molecule has 1 fully saturated rings. The first-order valence-electron chi connectivity index (χ1n) is 12.1. The summed E-state index contributed by atoms with van der Waals surface area (Å²) < 4.78 is 6.51. The van der Waals surface area contributed by atoms with Crippen molar-refractivity contribution in [3.8, 4) is 5.75 Å². The molecular formula is C27H36N4O2. The highest BCUT2D eigenvalue weighted by Crippen LogP contribution is 2.46. The summed E-state index contributed by atoms with van der Waals surface area (Å²) in [5, 5.41) is 7.10. The SMILES string of the molecule is CCNC(=NCCc1cccc(C(=O)N(C)C)c1)NC1CC2(CCCC2)Oc2ccccc21. The summed E-state index contributed by atoms with van der Waals surface area (Å²) in [6.07, 6.45) is 6.45. The van der Waals surface area contributed by atoms with Crippen LogP contribution in [0, 0.1) is 0 Å². The number of nitrogens with one attached hydrogen (secondary N) is 2. The molecule has 2 N–H and O–H groups in total. The number of carbonyl (C=O) groups excluding carboxylic acids is 1. The molecule has 33 heavy (non-hydrogen) atoms. The van der Waals surface area contributed by atoms with Gasteiger partial charge in [-0.15, -0.1) is 0 Å². The van der Waals surface area contributed by atoms with Crippen LogP contribution in [-0.4, -0.2) is 49.6 Å². The van der Waals surface area contributed by atoms with Gasteiger partial charge >= 0.3 is 0 Å². The van der Waals surface area contributed by atoms with Crippen LogP contribution < -0.4 is 15.4 Å². The standard InChI is InChI=1S/C27H36N4O2/c1-4-28-26(29-17-14-20-10-9-11-21(18-20)25(32)31(2)3)30-23-19-27(15-7-8-16-27)33-24-13-6-5-12-22(23)24/h5-6,9-13,18,23H,4,7-8,14-17,19H2,1-3H3,(H2,28,29,30). The van der Waals surface area contributed by atoms with Crippen molar-refractivity contribution in [2.24, 2.45) is 4.99 Å². The number of rotatable bonds is 6. The predicted octanol–water partition coefficient (Wildman–Crippen LogP) is 4.32. The highest BCUT2D eigenvalue weighted by molar-refractivity contribution is 5.94. The Morgan fingerprint density at radius 2 is 1.94 bits per heavy atom. The minimum atomic E-state index is -0.0528. The van der Waals surface area contributed by atoms with Crippen molar-refractivity contribution in [1.29, 1.82) is 0 Å². The van der Waals surface area contributed by atoms with Gasteiger partial charge in [-0.3, -0.25) is 9.79 Å².